The maximum atomic E-state index is 13.2. The number of rotatable bonds is 1. The molecule has 0 aliphatic heterocycles. The fourth-order valence-corrected chi connectivity index (χ4v) is 1.57. The largest absolute Gasteiger partial charge is 0.456 e. The molecule has 0 aliphatic carbocycles. The van der Waals surface area contributed by atoms with Gasteiger partial charge in [0.05, 0.1) is 9.13 Å². The SMILES string of the molecule is CC(C)(C)OC(=O)c1cccc(F)c1I. The zero-order chi connectivity index (χ0) is 11.6. The van der Waals surface area contributed by atoms with Crippen LogP contribution in [0.2, 0.25) is 0 Å². The summed E-state index contributed by atoms with van der Waals surface area (Å²) in [7, 11) is 0. The molecule has 0 fully saturated rings. The van der Waals surface area contributed by atoms with E-state index in [0.717, 1.165) is 0 Å². The van der Waals surface area contributed by atoms with E-state index in [0.29, 0.717) is 3.57 Å². The van der Waals surface area contributed by atoms with Gasteiger partial charge in [-0.3, -0.25) is 0 Å². The molecule has 0 saturated heterocycles. The van der Waals surface area contributed by atoms with Crippen LogP contribution in [-0.2, 0) is 4.74 Å². The first kappa shape index (κ1) is 12.4. The van der Waals surface area contributed by atoms with Crippen LogP contribution in [-0.4, -0.2) is 11.6 Å². The third-order valence-corrected chi connectivity index (χ3v) is 2.67. The number of benzene rings is 1. The zero-order valence-electron chi connectivity index (χ0n) is 8.80. The number of carbonyl (C=O) groups excluding carboxylic acids is 1. The average molecular weight is 322 g/mol. The molecule has 0 aliphatic rings. The highest BCUT2D eigenvalue weighted by Gasteiger charge is 2.20. The number of carbonyl (C=O) groups is 1. The van der Waals surface area contributed by atoms with E-state index in [9.17, 15) is 9.18 Å². The Morgan fingerprint density at radius 2 is 2.00 bits per heavy atom. The maximum absolute atomic E-state index is 13.2. The van der Waals surface area contributed by atoms with Crippen LogP contribution < -0.4 is 0 Å². The summed E-state index contributed by atoms with van der Waals surface area (Å²) in [4.78, 5) is 11.6. The van der Waals surface area contributed by atoms with Crippen molar-refractivity contribution in [2.45, 2.75) is 26.4 Å². The number of halogens is 2. The molecule has 1 rings (SSSR count). The van der Waals surface area contributed by atoms with Crippen molar-refractivity contribution in [1.29, 1.82) is 0 Å². The van der Waals surface area contributed by atoms with Crippen molar-refractivity contribution < 1.29 is 13.9 Å². The molecular weight excluding hydrogens is 310 g/mol. The van der Waals surface area contributed by atoms with Crippen LogP contribution in [0.4, 0.5) is 4.39 Å². The van der Waals surface area contributed by atoms with Crippen LogP contribution in [0.25, 0.3) is 0 Å². The molecule has 2 nitrogen and oxygen atoms in total. The molecule has 0 N–H and O–H groups in total. The quantitative estimate of drug-likeness (QED) is 0.585. The van der Waals surface area contributed by atoms with Gasteiger partial charge in [0.1, 0.15) is 11.4 Å². The number of esters is 1. The minimum atomic E-state index is -0.563. The summed E-state index contributed by atoms with van der Waals surface area (Å²) in [5.41, 5.74) is -0.294. The molecule has 82 valence electrons. The van der Waals surface area contributed by atoms with E-state index in [-0.39, 0.29) is 5.56 Å². The smallest absolute Gasteiger partial charge is 0.339 e. The maximum Gasteiger partial charge on any atom is 0.339 e. The summed E-state index contributed by atoms with van der Waals surface area (Å²) in [5.74, 6) is -0.898. The van der Waals surface area contributed by atoms with Crippen molar-refractivity contribution >= 4 is 28.6 Å². The van der Waals surface area contributed by atoms with Gasteiger partial charge in [-0.1, -0.05) is 6.07 Å². The molecule has 0 aromatic heterocycles. The lowest BCUT2D eigenvalue weighted by Gasteiger charge is -2.19. The molecule has 0 unspecified atom stereocenters. The average Bonchev–Trinajstić information content (AvgIpc) is 2.06. The normalized spacial score (nSPS) is 11.3. The highest BCUT2D eigenvalue weighted by molar-refractivity contribution is 14.1. The summed E-state index contributed by atoms with van der Waals surface area (Å²) in [5, 5.41) is 0. The number of hydrogen-bond acceptors (Lipinski definition) is 2. The molecule has 0 saturated carbocycles. The standard InChI is InChI=1S/C11H12FIO2/c1-11(2,3)15-10(14)7-5-4-6-8(12)9(7)13/h4-6H,1-3H3. The lowest BCUT2D eigenvalue weighted by molar-refractivity contribution is 0.00677. The van der Waals surface area contributed by atoms with Gasteiger partial charge in [-0.2, -0.15) is 0 Å². The second-order valence-corrected chi connectivity index (χ2v) is 5.18. The van der Waals surface area contributed by atoms with Gasteiger partial charge in [0.25, 0.3) is 0 Å². The van der Waals surface area contributed by atoms with Crippen LogP contribution in [0.3, 0.4) is 0 Å². The molecule has 0 bridgehead atoms. The molecule has 0 heterocycles. The first-order chi connectivity index (χ1) is 6.81. The fourth-order valence-electron chi connectivity index (χ4n) is 0.995. The van der Waals surface area contributed by atoms with E-state index < -0.39 is 17.4 Å². The number of hydrogen-bond donors (Lipinski definition) is 0. The molecule has 1 aromatic rings. The molecule has 0 atom stereocenters. The van der Waals surface area contributed by atoms with Crippen molar-refractivity contribution in [3.8, 4) is 0 Å². The van der Waals surface area contributed by atoms with Crippen molar-refractivity contribution in [3.63, 3.8) is 0 Å². The van der Waals surface area contributed by atoms with Gasteiger partial charge in [-0.15, -0.1) is 0 Å². The Balaban J connectivity index is 2.97. The Labute approximate surface area is 102 Å². The van der Waals surface area contributed by atoms with Gasteiger partial charge in [0.2, 0.25) is 0 Å². The monoisotopic (exact) mass is 322 g/mol. The lowest BCUT2D eigenvalue weighted by atomic mass is 10.1. The zero-order valence-corrected chi connectivity index (χ0v) is 11.0. The van der Waals surface area contributed by atoms with E-state index in [4.69, 9.17) is 4.74 Å². The van der Waals surface area contributed by atoms with Gasteiger partial charge in [0, 0.05) is 0 Å². The second-order valence-electron chi connectivity index (χ2n) is 4.10. The van der Waals surface area contributed by atoms with Crippen LogP contribution in [0, 0.1) is 9.39 Å². The Kier molecular flexibility index (Phi) is 3.70. The lowest BCUT2D eigenvalue weighted by Crippen LogP contribution is -2.24. The molecule has 4 heteroatoms. The Bertz CT molecular complexity index is 383. The van der Waals surface area contributed by atoms with Gasteiger partial charge in [0.15, 0.2) is 0 Å². The Morgan fingerprint density at radius 3 is 2.53 bits per heavy atom. The second kappa shape index (κ2) is 4.47. The topological polar surface area (TPSA) is 26.3 Å². The van der Waals surface area contributed by atoms with Crippen molar-refractivity contribution in [3.05, 3.63) is 33.1 Å². The van der Waals surface area contributed by atoms with Gasteiger partial charge < -0.3 is 4.74 Å². The molecule has 0 amide bonds. The van der Waals surface area contributed by atoms with E-state index in [1.165, 1.54) is 12.1 Å². The first-order valence-electron chi connectivity index (χ1n) is 4.48. The van der Waals surface area contributed by atoms with Crippen molar-refractivity contribution in [2.24, 2.45) is 0 Å². The van der Waals surface area contributed by atoms with E-state index in [1.807, 2.05) is 0 Å². The molecule has 0 radical (unpaired) electrons. The van der Waals surface area contributed by atoms with Crippen LogP contribution in [0.15, 0.2) is 18.2 Å². The fraction of sp³-hybridized carbons (Fsp3) is 0.364. The highest BCUT2D eigenvalue weighted by Crippen LogP contribution is 2.19. The molecule has 15 heavy (non-hydrogen) atoms. The highest BCUT2D eigenvalue weighted by atomic mass is 127. The van der Waals surface area contributed by atoms with Crippen LogP contribution >= 0.6 is 22.6 Å². The Hall–Kier alpha value is -0.650. The van der Waals surface area contributed by atoms with Crippen LogP contribution in [0.5, 0.6) is 0 Å². The van der Waals surface area contributed by atoms with Gasteiger partial charge in [-0.25, -0.2) is 9.18 Å². The van der Waals surface area contributed by atoms with Gasteiger partial charge >= 0.3 is 5.97 Å². The number of ether oxygens (including phenoxy) is 1. The molecule has 1 aromatic carbocycles. The van der Waals surface area contributed by atoms with E-state index >= 15 is 0 Å². The van der Waals surface area contributed by atoms with Gasteiger partial charge in [-0.05, 0) is 55.5 Å². The van der Waals surface area contributed by atoms with Crippen LogP contribution in [0.1, 0.15) is 31.1 Å². The third-order valence-electron chi connectivity index (χ3n) is 1.57. The minimum absolute atomic E-state index is 0.269. The predicted molar refractivity (Wildman–Crippen MR) is 64.3 cm³/mol. The summed E-state index contributed by atoms with van der Waals surface area (Å²) >= 11 is 1.80. The minimum Gasteiger partial charge on any atom is -0.456 e. The van der Waals surface area contributed by atoms with Crippen molar-refractivity contribution in [2.75, 3.05) is 0 Å². The third kappa shape index (κ3) is 3.44. The summed E-state index contributed by atoms with van der Waals surface area (Å²) in [6.45, 7) is 5.32. The Morgan fingerprint density at radius 1 is 1.40 bits per heavy atom. The van der Waals surface area contributed by atoms with Crippen molar-refractivity contribution in [1.82, 2.24) is 0 Å². The van der Waals surface area contributed by atoms with E-state index in [1.54, 1.807) is 49.4 Å². The summed E-state index contributed by atoms with van der Waals surface area (Å²) < 4.78 is 18.6. The molecule has 0 spiro atoms. The first-order valence-corrected chi connectivity index (χ1v) is 5.56. The van der Waals surface area contributed by atoms with E-state index in [2.05, 4.69) is 0 Å². The summed E-state index contributed by atoms with van der Waals surface area (Å²) in [6, 6.07) is 4.37. The predicted octanol–water partition coefficient (Wildman–Crippen LogP) is 3.39. The molecular formula is C11H12FIO2. The summed E-state index contributed by atoms with van der Waals surface area (Å²) in [6.07, 6.45) is 0.